The number of halogens is 1. The molecule has 0 aromatic heterocycles. The van der Waals surface area contributed by atoms with Crippen LogP contribution in [0.5, 0.6) is 0 Å². The molecule has 0 aliphatic carbocycles. The van der Waals surface area contributed by atoms with Gasteiger partial charge in [-0.05, 0) is 17.7 Å². The van der Waals surface area contributed by atoms with Crippen LogP contribution in [0.1, 0.15) is 11.1 Å². The van der Waals surface area contributed by atoms with E-state index >= 15 is 0 Å². The predicted molar refractivity (Wildman–Crippen MR) is 65.9 cm³/mol. The van der Waals surface area contributed by atoms with E-state index in [1.807, 2.05) is 30.1 Å². The van der Waals surface area contributed by atoms with Gasteiger partial charge in [0.25, 0.3) is 0 Å². The van der Waals surface area contributed by atoms with Crippen molar-refractivity contribution in [3.05, 3.63) is 29.3 Å². The summed E-state index contributed by atoms with van der Waals surface area (Å²) in [6.45, 7) is 1.39. The van der Waals surface area contributed by atoms with Gasteiger partial charge in [0.05, 0.1) is 17.9 Å². The van der Waals surface area contributed by atoms with E-state index in [2.05, 4.69) is 6.07 Å². The highest BCUT2D eigenvalue weighted by atomic mass is 35.5. The van der Waals surface area contributed by atoms with Crippen LogP contribution in [-0.4, -0.2) is 27.3 Å². The highest BCUT2D eigenvalue weighted by Gasteiger charge is 2.07. The molecule has 0 radical (unpaired) electrons. The third-order valence-corrected chi connectivity index (χ3v) is 2.69. The van der Waals surface area contributed by atoms with Crippen molar-refractivity contribution in [3.8, 4) is 6.07 Å². The van der Waals surface area contributed by atoms with Crippen LogP contribution in [0, 0.1) is 11.3 Å². The van der Waals surface area contributed by atoms with E-state index in [1.165, 1.54) is 0 Å². The summed E-state index contributed by atoms with van der Waals surface area (Å²) in [6.07, 6.45) is 0. The van der Waals surface area contributed by atoms with Crippen molar-refractivity contribution in [2.24, 2.45) is 0 Å². The number of benzene rings is 1. The molecule has 0 unspecified atom stereocenters. The molecule has 0 N–H and O–H groups in total. The summed E-state index contributed by atoms with van der Waals surface area (Å²) in [5.41, 5.74) is 2.52. The van der Waals surface area contributed by atoms with Crippen molar-refractivity contribution in [3.63, 3.8) is 0 Å². The average molecular weight is 239 g/mol. The topological polar surface area (TPSA) is 36.3 Å². The second-order valence-electron chi connectivity index (χ2n) is 3.51. The van der Waals surface area contributed by atoms with Gasteiger partial charge in [0.2, 0.25) is 0 Å². The fourth-order valence-electron chi connectivity index (χ4n) is 1.44. The Kier molecular flexibility index (Phi) is 5.10. The first-order chi connectivity index (χ1) is 7.72. The first kappa shape index (κ1) is 12.8. The number of methoxy groups -OCH3 is 1. The largest absolute Gasteiger partial charge is 0.383 e. The van der Waals surface area contributed by atoms with Crippen LogP contribution < -0.4 is 4.90 Å². The quantitative estimate of drug-likeness (QED) is 0.739. The van der Waals surface area contributed by atoms with E-state index in [1.54, 1.807) is 7.11 Å². The molecule has 1 aromatic carbocycles. The number of anilines is 1. The Hall–Kier alpha value is -1.24. The van der Waals surface area contributed by atoms with E-state index in [0.717, 1.165) is 17.8 Å². The lowest BCUT2D eigenvalue weighted by Crippen LogP contribution is -2.22. The van der Waals surface area contributed by atoms with Gasteiger partial charge in [0.1, 0.15) is 6.07 Å². The summed E-state index contributed by atoms with van der Waals surface area (Å²) >= 11 is 5.73. The molecule has 0 aliphatic heterocycles. The lowest BCUT2D eigenvalue weighted by Gasteiger charge is -2.20. The highest BCUT2D eigenvalue weighted by Crippen LogP contribution is 2.21. The van der Waals surface area contributed by atoms with Gasteiger partial charge in [0.15, 0.2) is 0 Å². The van der Waals surface area contributed by atoms with E-state index in [0.29, 0.717) is 18.1 Å². The van der Waals surface area contributed by atoms with Crippen molar-refractivity contribution in [2.75, 3.05) is 32.2 Å². The van der Waals surface area contributed by atoms with E-state index in [-0.39, 0.29) is 0 Å². The van der Waals surface area contributed by atoms with Crippen molar-refractivity contribution in [1.82, 2.24) is 0 Å². The van der Waals surface area contributed by atoms with Gasteiger partial charge in [0, 0.05) is 26.6 Å². The molecule has 0 atom stereocenters. The van der Waals surface area contributed by atoms with Crippen LogP contribution in [0.15, 0.2) is 18.2 Å². The minimum absolute atomic E-state index is 0.427. The van der Waals surface area contributed by atoms with Gasteiger partial charge in [-0.25, -0.2) is 0 Å². The van der Waals surface area contributed by atoms with Crippen LogP contribution >= 0.6 is 11.6 Å². The number of likely N-dealkylation sites (N-methyl/N-ethyl adjacent to an activating group) is 1. The van der Waals surface area contributed by atoms with Crippen LogP contribution in [-0.2, 0) is 10.6 Å². The lowest BCUT2D eigenvalue weighted by molar-refractivity contribution is 0.206. The Morgan fingerprint density at radius 1 is 1.50 bits per heavy atom. The number of hydrogen-bond acceptors (Lipinski definition) is 3. The third-order valence-electron chi connectivity index (χ3n) is 2.38. The number of nitriles is 1. The van der Waals surface area contributed by atoms with Crippen LogP contribution in [0.25, 0.3) is 0 Å². The predicted octanol–water partition coefficient (Wildman–Crippen LogP) is 2.38. The SMILES string of the molecule is COCCN(C)c1ccc(CCl)cc1C#N. The number of ether oxygens (including phenoxy) is 1. The number of rotatable bonds is 5. The van der Waals surface area contributed by atoms with Crippen LogP contribution in [0.3, 0.4) is 0 Å². The van der Waals surface area contributed by atoms with Crippen molar-refractivity contribution in [1.29, 1.82) is 5.26 Å². The number of alkyl halides is 1. The minimum atomic E-state index is 0.427. The Labute approximate surface area is 101 Å². The maximum Gasteiger partial charge on any atom is 0.101 e. The molecule has 1 aromatic rings. The zero-order valence-corrected chi connectivity index (χ0v) is 10.3. The summed E-state index contributed by atoms with van der Waals surface area (Å²) in [7, 11) is 3.60. The Morgan fingerprint density at radius 2 is 2.25 bits per heavy atom. The summed E-state index contributed by atoms with van der Waals surface area (Å²) in [4.78, 5) is 2.00. The zero-order valence-electron chi connectivity index (χ0n) is 9.53. The molecule has 86 valence electrons. The standard InChI is InChI=1S/C12H15ClN2O/c1-15(5-6-16-2)12-4-3-10(8-13)7-11(12)9-14/h3-4,7H,5-6,8H2,1-2H3. The van der Waals surface area contributed by atoms with Crippen molar-refractivity contribution in [2.45, 2.75) is 5.88 Å². The maximum absolute atomic E-state index is 9.06. The second-order valence-corrected chi connectivity index (χ2v) is 3.78. The van der Waals surface area contributed by atoms with E-state index in [9.17, 15) is 0 Å². The Morgan fingerprint density at radius 3 is 2.81 bits per heavy atom. The van der Waals surface area contributed by atoms with Gasteiger partial charge < -0.3 is 9.64 Å². The molecule has 16 heavy (non-hydrogen) atoms. The minimum Gasteiger partial charge on any atom is -0.383 e. The van der Waals surface area contributed by atoms with Crippen molar-refractivity contribution < 1.29 is 4.74 Å². The monoisotopic (exact) mass is 238 g/mol. The van der Waals surface area contributed by atoms with Gasteiger partial charge in [-0.2, -0.15) is 5.26 Å². The molecule has 0 aliphatic rings. The summed E-state index contributed by atoms with van der Waals surface area (Å²) in [5, 5.41) is 9.06. The highest BCUT2D eigenvalue weighted by molar-refractivity contribution is 6.17. The first-order valence-electron chi connectivity index (χ1n) is 5.02. The van der Waals surface area contributed by atoms with Gasteiger partial charge in [-0.1, -0.05) is 6.07 Å². The molecule has 0 saturated heterocycles. The van der Waals surface area contributed by atoms with E-state index in [4.69, 9.17) is 21.6 Å². The first-order valence-corrected chi connectivity index (χ1v) is 5.55. The summed E-state index contributed by atoms with van der Waals surface area (Å²) < 4.78 is 5.01. The summed E-state index contributed by atoms with van der Waals surface area (Å²) in [6, 6.07) is 7.87. The molecule has 1 rings (SSSR count). The van der Waals surface area contributed by atoms with Gasteiger partial charge in [-0.15, -0.1) is 11.6 Å². The van der Waals surface area contributed by atoms with E-state index < -0.39 is 0 Å². The molecule has 0 bridgehead atoms. The molecule has 0 heterocycles. The lowest BCUT2D eigenvalue weighted by atomic mass is 10.1. The molecule has 3 nitrogen and oxygen atoms in total. The third kappa shape index (κ3) is 3.13. The zero-order chi connectivity index (χ0) is 12.0. The van der Waals surface area contributed by atoms with Crippen LogP contribution in [0.2, 0.25) is 0 Å². The fourth-order valence-corrected chi connectivity index (χ4v) is 1.60. The maximum atomic E-state index is 9.06. The summed E-state index contributed by atoms with van der Waals surface area (Å²) in [5.74, 6) is 0.427. The number of hydrogen-bond donors (Lipinski definition) is 0. The van der Waals surface area contributed by atoms with Crippen molar-refractivity contribution >= 4 is 17.3 Å². The second kappa shape index (κ2) is 6.37. The van der Waals surface area contributed by atoms with Crippen LogP contribution in [0.4, 0.5) is 5.69 Å². The average Bonchev–Trinajstić information content (AvgIpc) is 2.34. The number of nitrogens with zero attached hydrogens (tertiary/aromatic N) is 2. The van der Waals surface area contributed by atoms with Gasteiger partial charge in [-0.3, -0.25) is 0 Å². The molecular weight excluding hydrogens is 224 g/mol. The Balaban J connectivity index is 2.91. The molecule has 0 fully saturated rings. The van der Waals surface area contributed by atoms with Gasteiger partial charge >= 0.3 is 0 Å². The molecule has 0 saturated carbocycles. The molecule has 4 heteroatoms. The molecule has 0 amide bonds. The molecular formula is C12H15ClN2O. The smallest absolute Gasteiger partial charge is 0.101 e. The Bertz CT molecular complexity index is 387. The molecule has 0 spiro atoms. The fraction of sp³-hybridized carbons (Fsp3) is 0.417. The normalized spacial score (nSPS) is 9.88.